The second kappa shape index (κ2) is 11.4. The highest BCUT2D eigenvalue weighted by Gasteiger charge is 2.23. The number of aromatic hydroxyl groups is 1. The Morgan fingerprint density at radius 2 is 1.59 bits per heavy atom. The van der Waals surface area contributed by atoms with Crippen molar-refractivity contribution < 1.29 is 24.5 Å². The molecule has 0 aliphatic heterocycles. The van der Waals surface area contributed by atoms with Gasteiger partial charge in [0.05, 0.1) is 22.7 Å². The molecule has 0 spiro atoms. The van der Waals surface area contributed by atoms with Crippen LogP contribution in [0, 0.1) is 0 Å². The number of phenols is 1. The molecule has 0 amide bonds. The highest BCUT2D eigenvalue weighted by atomic mass is 32.1. The van der Waals surface area contributed by atoms with Crippen LogP contribution in [0.3, 0.4) is 0 Å². The molecular formula is C31H25NO6S. The van der Waals surface area contributed by atoms with Crippen LogP contribution in [-0.2, 0) is 17.8 Å². The molecular weight excluding hydrogens is 514 g/mol. The maximum atomic E-state index is 12.8. The Kier molecular flexibility index (Phi) is 7.56. The normalized spacial score (nSPS) is 11.8. The summed E-state index contributed by atoms with van der Waals surface area (Å²) in [6, 6.07) is 27.9. The van der Waals surface area contributed by atoms with Crippen LogP contribution in [0.25, 0.3) is 10.2 Å². The summed E-state index contributed by atoms with van der Waals surface area (Å²) in [6.07, 6.45) is 0.220. The minimum absolute atomic E-state index is 0.0416. The van der Waals surface area contributed by atoms with Crippen LogP contribution in [0.5, 0.6) is 11.5 Å². The first-order chi connectivity index (χ1) is 18.9. The van der Waals surface area contributed by atoms with Gasteiger partial charge in [0.1, 0.15) is 18.1 Å². The molecule has 1 unspecified atom stereocenters. The SMILES string of the molecule is O=C(c1ccccc1)c1ccc2c(c1)sc(=O)n2CCOc1ccc(CC(C(=O)O)c2ccccc2O)cc1. The van der Waals surface area contributed by atoms with E-state index in [2.05, 4.69) is 0 Å². The number of carboxylic acids is 1. The molecule has 39 heavy (non-hydrogen) atoms. The monoisotopic (exact) mass is 539 g/mol. The molecule has 0 bridgehead atoms. The van der Waals surface area contributed by atoms with Crippen LogP contribution >= 0.6 is 11.3 Å². The number of ketones is 1. The molecule has 196 valence electrons. The highest BCUT2D eigenvalue weighted by molar-refractivity contribution is 7.16. The number of benzene rings is 4. The van der Waals surface area contributed by atoms with Crippen LogP contribution in [0.1, 0.15) is 33.0 Å². The van der Waals surface area contributed by atoms with E-state index in [1.165, 1.54) is 6.07 Å². The molecule has 0 saturated carbocycles. The average Bonchev–Trinajstić information content (AvgIpc) is 3.27. The van der Waals surface area contributed by atoms with E-state index >= 15 is 0 Å². The number of nitrogens with zero attached hydrogens (tertiary/aromatic N) is 1. The molecule has 1 heterocycles. The number of para-hydroxylation sites is 1. The summed E-state index contributed by atoms with van der Waals surface area (Å²) in [6.45, 7) is 0.590. The van der Waals surface area contributed by atoms with Crippen LogP contribution in [0.15, 0.2) is 102 Å². The lowest BCUT2D eigenvalue weighted by atomic mass is 9.91. The summed E-state index contributed by atoms with van der Waals surface area (Å²) in [4.78, 5) is 37.1. The number of phenolic OH excluding ortho intramolecular Hbond substituents is 1. The zero-order chi connectivity index (χ0) is 27.4. The lowest BCUT2D eigenvalue weighted by Crippen LogP contribution is -2.17. The van der Waals surface area contributed by atoms with Gasteiger partial charge in [0.15, 0.2) is 5.78 Å². The van der Waals surface area contributed by atoms with E-state index in [1.807, 2.05) is 18.2 Å². The van der Waals surface area contributed by atoms with Gasteiger partial charge in [-0.1, -0.05) is 72.0 Å². The Bertz CT molecular complexity index is 1690. The first kappa shape index (κ1) is 25.9. The molecule has 5 aromatic rings. The first-order valence-corrected chi connectivity index (χ1v) is 13.2. The Labute approximate surface area is 228 Å². The molecule has 5 rings (SSSR count). The fraction of sp³-hybridized carbons (Fsp3) is 0.129. The van der Waals surface area contributed by atoms with Crippen LogP contribution < -0.4 is 9.61 Å². The summed E-state index contributed by atoms with van der Waals surface area (Å²) >= 11 is 1.09. The molecule has 8 heteroatoms. The number of fused-ring (bicyclic) bond motifs is 1. The van der Waals surface area contributed by atoms with Gasteiger partial charge in [-0.25, -0.2) is 0 Å². The van der Waals surface area contributed by atoms with Crippen molar-refractivity contribution in [2.75, 3.05) is 6.61 Å². The predicted octanol–water partition coefficient (Wildman–Crippen LogP) is 5.49. The third kappa shape index (κ3) is 5.76. The first-order valence-electron chi connectivity index (χ1n) is 12.4. The molecule has 1 aromatic heterocycles. The van der Waals surface area contributed by atoms with Gasteiger partial charge in [-0.2, -0.15) is 0 Å². The van der Waals surface area contributed by atoms with E-state index in [0.717, 1.165) is 27.1 Å². The maximum absolute atomic E-state index is 12.8. The van der Waals surface area contributed by atoms with Crippen molar-refractivity contribution >= 4 is 33.3 Å². The van der Waals surface area contributed by atoms with Gasteiger partial charge >= 0.3 is 10.8 Å². The van der Waals surface area contributed by atoms with Gasteiger partial charge in [-0.05, 0) is 48.4 Å². The van der Waals surface area contributed by atoms with Crippen molar-refractivity contribution in [3.05, 3.63) is 129 Å². The van der Waals surface area contributed by atoms with E-state index in [0.29, 0.717) is 29.0 Å². The fourth-order valence-electron chi connectivity index (χ4n) is 4.50. The number of hydrogen-bond acceptors (Lipinski definition) is 6. The van der Waals surface area contributed by atoms with Gasteiger partial charge in [-0.3, -0.25) is 19.0 Å². The van der Waals surface area contributed by atoms with E-state index in [9.17, 15) is 24.6 Å². The Morgan fingerprint density at radius 3 is 2.31 bits per heavy atom. The number of carbonyl (C=O) groups is 2. The van der Waals surface area contributed by atoms with Crippen molar-refractivity contribution in [3.63, 3.8) is 0 Å². The van der Waals surface area contributed by atoms with E-state index < -0.39 is 11.9 Å². The third-order valence-corrected chi connectivity index (χ3v) is 7.47. The predicted molar refractivity (Wildman–Crippen MR) is 150 cm³/mol. The Balaban J connectivity index is 1.23. The quantitative estimate of drug-likeness (QED) is 0.227. The van der Waals surface area contributed by atoms with Crippen molar-refractivity contribution in [1.29, 1.82) is 0 Å². The standard InChI is InChI=1S/C31H25NO6S/c33-27-9-5-4-8-24(27)25(30(35)36)18-20-10-13-23(14-11-20)38-17-16-32-26-15-12-22(19-28(26)39-31(32)37)29(34)21-6-2-1-3-7-21/h1-15,19,25,33H,16-18H2,(H,35,36). The molecule has 0 radical (unpaired) electrons. The summed E-state index contributed by atoms with van der Waals surface area (Å²) in [5.41, 5.74) is 3.04. The van der Waals surface area contributed by atoms with Gasteiger partial charge in [0.2, 0.25) is 0 Å². The summed E-state index contributed by atoms with van der Waals surface area (Å²) in [7, 11) is 0. The average molecular weight is 540 g/mol. The summed E-state index contributed by atoms with van der Waals surface area (Å²) in [5.74, 6) is -1.43. The van der Waals surface area contributed by atoms with Gasteiger partial charge in [-0.15, -0.1) is 0 Å². The smallest absolute Gasteiger partial charge is 0.311 e. The van der Waals surface area contributed by atoms with Crippen LogP contribution in [0.4, 0.5) is 0 Å². The topological polar surface area (TPSA) is 106 Å². The van der Waals surface area contributed by atoms with Crippen molar-refractivity contribution in [1.82, 2.24) is 4.57 Å². The fourth-order valence-corrected chi connectivity index (χ4v) is 5.46. The number of hydrogen-bond donors (Lipinski definition) is 2. The minimum atomic E-state index is -1.01. The van der Waals surface area contributed by atoms with Crippen molar-refractivity contribution in [3.8, 4) is 11.5 Å². The number of aliphatic carboxylic acids is 1. The second-order valence-corrected chi connectivity index (χ2v) is 10.0. The van der Waals surface area contributed by atoms with Gasteiger partial charge in [0, 0.05) is 16.7 Å². The van der Waals surface area contributed by atoms with Gasteiger partial charge < -0.3 is 14.9 Å². The summed E-state index contributed by atoms with van der Waals surface area (Å²) in [5, 5.41) is 19.8. The summed E-state index contributed by atoms with van der Waals surface area (Å²) < 4.78 is 8.22. The number of ether oxygens (including phenoxy) is 1. The zero-order valence-corrected chi connectivity index (χ0v) is 21.6. The van der Waals surface area contributed by atoms with Crippen molar-refractivity contribution in [2.24, 2.45) is 0 Å². The number of carbonyl (C=O) groups excluding carboxylic acids is 1. The lowest BCUT2D eigenvalue weighted by molar-refractivity contribution is -0.138. The van der Waals surface area contributed by atoms with Crippen molar-refractivity contribution in [2.45, 2.75) is 18.9 Å². The molecule has 0 saturated heterocycles. The van der Waals surface area contributed by atoms with Crippen LogP contribution in [0.2, 0.25) is 0 Å². The van der Waals surface area contributed by atoms with E-state index in [-0.39, 0.29) is 29.4 Å². The Hall–Kier alpha value is -4.69. The maximum Gasteiger partial charge on any atom is 0.311 e. The zero-order valence-electron chi connectivity index (χ0n) is 20.8. The van der Waals surface area contributed by atoms with Gasteiger partial charge in [0.25, 0.3) is 0 Å². The van der Waals surface area contributed by atoms with E-state index in [1.54, 1.807) is 77.4 Å². The lowest BCUT2D eigenvalue weighted by Gasteiger charge is -2.15. The molecule has 1 atom stereocenters. The highest BCUT2D eigenvalue weighted by Crippen LogP contribution is 2.29. The largest absolute Gasteiger partial charge is 0.508 e. The molecule has 4 aromatic carbocycles. The van der Waals surface area contributed by atoms with E-state index in [4.69, 9.17) is 4.74 Å². The molecule has 0 fully saturated rings. The third-order valence-electron chi connectivity index (χ3n) is 6.52. The molecule has 0 aliphatic rings. The number of carboxylic acid groups (broad SMARTS) is 1. The second-order valence-electron chi connectivity index (χ2n) is 9.04. The number of thiazole rings is 1. The van der Waals surface area contributed by atoms with Crippen LogP contribution in [-0.4, -0.2) is 33.1 Å². The minimum Gasteiger partial charge on any atom is -0.508 e. The molecule has 7 nitrogen and oxygen atoms in total. The number of aromatic nitrogens is 1. The molecule has 2 N–H and O–H groups in total. The number of rotatable bonds is 10. The Morgan fingerprint density at radius 1 is 0.872 bits per heavy atom. The molecule has 0 aliphatic carbocycles.